The Morgan fingerprint density at radius 1 is 1.10 bits per heavy atom. The summed E-state index contributed by atoms with van der Waals surface area (Å²) in [4.78, 5) is 17.1. The molecule has 0 spiro atoms. The average molecular weight is 426 g/mol. The lowest BCUT2D eigenvalue weighted by atomic mass is 10.0. The molecule has 8 heteroatoms. The van der Waals surface area contributed by atoms with E-state index < -0.39 is 0 Å². The highest BCUT2D eigenvalue weighted by Gasteiger charge is 2.42. The molecule has 1 atom stereocenters. The zero-order chi connectivity index (χ0) is 20.7. The summed E-state index contributed by atoms with van der Waals surface area (Å²) in [6.45, 7) is 7.06. The molecule has 1 aromatic carbocycles. The number of rotatable bonds is 4. The van der Waals surface area contributed by atoms with Crippen LogP contribution in [0.3, 0.4) is 0 Å². The van der Waals surface area contributed by atoms with Gasteiger partial charge in [0.25, 0.3) is 0 Å². The van der Waals surface area contributed by atoms with Crippen molar-refractivity contribution < 1.29 is 9.47 Å². The molecule has 0 aliphatic carbocycles. The van der Waals surface area contributed by atoms with Gasteiger partial charge in [0.2, 0.25) is 0 Å². The number of benzene rings is 1. The van der Waals surface area contributed by atoms with E-state index in [1.54, 1.807) is 7.11 Å². The molecule has 3 aliphatic heterocycles. The predicted octanol–water partition coefficient (Wildman–Crippen LogP) is 3.25. The number of thiocarbonyl (C=S) groups is 1. The number of hydrogen-bond acceptors (Lipinski definition) is 6. The van der Waals surface area contributed by atoms with Gasteiger partial charge in [0.15, 0.2) is 10.9 Å². The topological polar surface area (TPSA) is 54.0 Å². The number of methoxy groups -OCH3 is 1. The molecule has 4 heterocycles. The summed E-state index contributed by atoms with van der Waals surface area (Å²) in [5.74, 6) is 3.55. The summed E-state index contributed by atoms with van der Waals surface area (Å²) in [5, 5.41) is 0.889. The molecule has 5 rings (SSSR count). The quantitative estimate of drug-likeness (QED) is 0.692. The zero-order valence-corrected chi connectivity index (χ0v) is 18.3. The molecule has 30 heavy (non-hydrogen) atoms. The Kier molecular flexibility index (Phi) is 5.20. The van der Waals surface area contributed by atoms with Gasteiger partial charge in [-0.1, -0.05) is 0 Å². The van der Waals surface area contributed by atoms with Crippen LogP contribution in [0.2, 0.25) is 0 Å². The molecule has 2 fully saturated rings. The summed E-state index contributed by atoms with van der Waals surface area (Å²) < 4.78 is 10.9. The molecule has 1 unspecified atom stereocenters. The van der Waals surface area contributed by atoms with E-state index in [1.807, 2.05) is 24.3 Å². The van der Waals surface area contributed by atoms with Crippen LogP contribution >= 0.6 is 12.2 Å². The first kappa shape index (κ1) is 19.5. The van der Waals surface area contributed by atoms with Gasteiger partial charge in [0, 0.05) is 31.7 Å². The first-order chi connectivity index (χ1) is 14.7. The van der Waals surface area contributed by atoms with Crippen LogP contribution in [0, 0.1) is 0 Å². The molecule has 0 N–H and O–H groups in total. The second kappa shape index (κ2) is 8.00. The second-order valence-corrected chi connectivity index (χ2v) is 8.18. The third-order valence-corrected chi connectivity index (χ3v) is 6.65. The van der Waals surface area contributed by atoms with E-state index in [-0.39, 0.29) is 6.04 Å². The molecule has 0 amide bonds. The maximum Gasteiger partial charge on any atom is 0.177 e. The van der Waals surface area contributed by atoms with Gasteiger partial charge >= 0.3 is 0 Å². The molecule has 158 valence electrons. The van der Waals surface area contributed by atoms with E-state index in [2.05, 4.69) is 21.6 Å². The smallest absolute Gasteiger partial charge is 0.177 e. The van der Waals surface area contributed by atoms with Crippen LogP contribution in [-0.4, -0.2) is 66.5 Å². The van der Waals surface area contributed by atoms with Crippen LogP contribution in [0.1, 0.15) is 31.4 Å². The SMILES string of the molecule is CCN1C(=S)N2CCCC2c2c(N3CCOCC3)nc(-c3ccc(OC)cc3)nc21. The van der Waals surface area contributed by atoms with Crippen molar-refractivity contribution in [3.05, 3.63) is 29.8 Å². The van der Waals surface area contributed by atoms with E-state index in [4.69, 9.17) is 31.7 Å². The average Bonchev–Trinajstić information content (AvgIpc) is 3.30. The van der Waals surface area contributed by atoms with Gasteiger partial charge in [-0.2, -0.15) is 0 Å². The van der Waals surface area contributed by atoms with Crippen LogP contribution in [0.15, 0.2) is 24.3 Å². The molecule has 2 aromatic rings. The normalized spacial score (nSPS) is 20.9. The fourth-order valence-corrected chi connectivity index (χ4v) is 5.10. The lowest BCUT2D eigenvalue weighted by Crippen LogP contribution is -2.49. The minimum absolute atomic E-state index is 0.262. The summed E-state index contributed by atoms with van der Waals surface area (Å²) in [6.07, 6.45) is 2.23. The van der Waals surface area contributed by atoms with E-state index in [9.17, 15) is 0 Å². The Hall–Kier alpha value is -2.45. The highest BCUT2D eigenvalue weighted by Crippen LogP contribution is 2.46. The highest BCUT2D eigenvalue weighted by atomic mass is 32.1. The largest absolute Gasteiger partial charge is 0.497 e. The fraction of sp³-hybridized carbons (Fsp3) is 0.500. The van der Waals surface area contributed by atoms with Gasteiger partial charge in [-0.15, -0.1) is 0 Å². The third-order valence-electron chi connectivity index (χ3n) is 6.20. The van der Waals surface area contributed by atoms with Crippen LogP contribution < -0.4 is 14.5 Å². The standard InChI is InChI=1S/C22H27N5O2S/c1-3-26-21-18(17-5-4-10-27(17)22(26)30)20(25-11-13-29-14-12-25)23-19(24-21)15-6-8-16(28-2)9-7-15/h6-9,17H,3-5,10-14H2,1-2H3. The first-order valence-electron chi connectivity index (χ1n) is 10.7. The highest BCUT2D eigenvalue weighted by molar-refractivity contribution is 7.80. The third kappa shape index (κ3) is 3.18. The Bertz CT molecular complexity index is 945. The first-order valence-corrected chi connectivity index (χ1v) is 11.1. The molecule has 0 bridgehead atoms. The number of hydrogen-bond donors (Lipinski definition) is 0. The van der Waals surface area contributed by atoms with Gasteiger partial charge in [-0.25, -0.2) is 9.97 Å². The van der Waals surface area contributed by atoms with Crippen molar-refractivity contribution in [3.63, 3.8) is 0 Å². The van der Waals surface area contributed by atoms with Crippen molar-refractivity contribution in [1.29, 1.82) is 0 Å². The van der Waals surface area contributed by atoms with Gasteiger partial charge in [0.1, 0.15) is 17.4 Å². The zero-order valence-electron chi connectivity index (χ0n) is 17.5. The summed E-state index contributed by atoms with van der Waals surface area (Å²) in [7, 11) is 1.67. The van der Waals surface area contributed by atoms with Crippen molar-refractivity contribution in [3.8, 4) is 17.1 Å². The fourth-order valence-electron chi connectivity index (χ4n) is 4.66. The Morgan fingerprint density at radius 3 is 2.53 bits per heavy atom. The molecule has 0 radical (unpaired) electrons. The van der Waals surface area contributed by atoms with Crippen molar-refractivity contribution in [2.24, 2.45) is 0 Å². The summed E-state index contributed by atoms with van der Waals surface area (Å²) in [5.41, 5.74) is 2.20. The Balaban J connectivity index is 1.69. The maximum absolute atomic E-state index is 5.87. The number of anilines is 2. The minimum atomic E-state index is 0.262. The Morgan fingerprint density at radius 2 is 1.83 bits per heavy atom. The van der Waals surface area contributed by atoms with Crippen molar-refractivity contribution in [2.75, 3.05) is 56.3 Å². The molecular weight excluding hydrogens is 398 g/mol. The molecule has 7 nitrogen and oxygen atoms in total. The maximum atomic E-state index is 5.87. The van der Waals surface area contributed by atoms with Gasteiger partial charge in [-0.3, -0.25) is 0 Å². The second-order valence-electron chi connectivity index (χ2n) is 7.81. The molecular formula is C22H27N5O2S. The van der Waals surface area contributed by atoms with Gasteiger partial charge < -0.3 is 24.2 Å². The van der Waals surface area contributed by atoms with Gasteiger partial charge in [-0.05, 0) is 56.2 Å². The summed E-state index contributed by atoms with van der Waals surface area (Å²) in [6, 6.07) is 8.20. The molecule has 1 aromatic heterocycles. The Labute approximate surface area is 182 Å². The van der Waals surface area contributed by atoms with Crippen LogP contribution in [0.25, 0.3) is 11.4 Å². The van der Waals surface area contributed by atoms with E-state index in [1.165, 1.54) is 5.56 Å². The lowest BCUT2D eigenvalue weighted by molar-refractivity contribution is 0.122. The van der Waals surface area contributed by atoms with Crippen molar-refractivity contribution in [1.82, 2.24) is 14.9 Å². The number of fused-ring (bicyclic) bond motifs is 3. The van der Waals surface area contributed by atoms with E-state index in [0.29, 0.717) is 0 Å². The predicted molar refractivity (Wildman–Crippen MR) is 121 cm³/mol. The molecule has 3 aliphatic rings. The number of morpholine rings is 1. The number of aromatic nitrogens is 2. The van der Waals surface area contributed by atoms with Gasteiger partial charge in [0.05, 0.1) is 31.9 Å². The van der Waals surface area contributed by atoms with E-state index in [0.717, 1.165) is 86.1 Å². The van der Waals surface area contributed by atoms with Crippen LogP contribution in [-0.2, 0) is 4.74 Å². The minimum Gasteiger partial charge on any atom is -0.497 e. The van der Waals surface area contributed by atoms with Crippen molar-refractivity contribution in [2.45, 2.75) is 25.8 Å². The lowest BCUT2D eigenvalue weighted by Gasteiger charge is -2.42. The van der Waals surface area contributed by atoms with Crippen LogP contribution in [0.5, 0.6) is 5.75 Å². The number of ether oxygens (including phenoxy) is 2. The number of nitrogens with zero attached hydrogens (tertiary/aromatic N) is 5. The monoisotopic (exact) mass is 425 g/mol. The summed E-state index contributed by atoms with van der Waals surface area (Å²) >= 11 is 5.87. The van der Waals surface area contributed by atoms with Crippen molar-refractivity contribution >= 4 is 29.0 Å². The molecule has 2 saturated heterocycles. The molecule has 0 saturated carbocycles. The van der Waals surface area contributed by atoms with E-state index >= 15 is 0 Å². The van der Waals surface area contributed by atoms with Crippen LogP contribution in [0.4, 0.5) is 11.6 Å².